The molecule has 8 heteroatoms. The van der Waals surface area contributed by atoms with Crippen LogP contribution in [-0.2, 0) is 16.7 Å². The number of aryl methyl sites for hydroxylation is 1. The maximum Gasteiger partial charge on any atom is 0.264 e. The third-order valence-electron chi connectivity index (χ3n) is 4.09. The minimum Gasteiger partial charge on any atom is -0.497 e. The van der Waals surface area contributed by atoms with E-state index in [0.29, 0.717) is 31.0 Å². The van der Waals surface area contributed by atoms with E-state index < -0.39 is 10.1 Å². The zero-order valence-electron chi connectivity index (χ0n) is 14.9. The molecule has 0 spiro atoms. The van der Waals surface area contributed by atoms with Crippen LogP contribution >= 0.6 is 0 Å². The Morgan fingerprint density at radius 1 is 1.07 bits per heavy atom. The average molecular weight is 389 g/mol. The van der Waals surface area contributed by atoms with Gasteiger partial charge in [-0.05, 0) is 30.7 Å². The van der Waals surface area contributed by atoms with Crippen molar-refractivity contribution in [2.45, 2.75) is 19.4 Å². The molecule has 0 bridgehead atoms. The van der Waals surface area contributed by atoms with Gasteiger partial charge in [0.15, 0.2) is 18.2 Å². The normalized spacial score (nSPS) is 11.5. The molecule has 0 aliphatic rings. The molecule has 0 radical (unpaired) electrons. The molecule has 0 fully saturated rings. The summed E-state index contributed by atoms with van der Waals surface area (Å²) >= 11 is 0. The van der Waals surface area contributed by atoms with E-state index in [9.17, 15) is 8.42 Å². The molecule has 0 saturated carbocycles. The van der Waals surface area contributed by atoms with E-state index in [2.05, 4.69) is 4.98 Å². The van der Waals surface area contributed by atoms with Gasteiger partial charge in [0.25, 0.3) is 10.1 Å². The number of aromatic nitrogens is 2. The lowest BCUT2D eigenvalue weighted by molar-refractivity contribution is -0.697. The van der Waals surface area contributed by atoms with Crippen LogP contribution in [0.4, 0.5) is 0 Å². The molecule has 2 heterocycles. The molecule has 3 aromatic rings. The molecule has 142 valence electrons. The lowest BCUT2D eigenvalue weighted by Gasteiger charge is -2.00. The van der Waals surface area contributed by atoms with Gasteiger partial charge in [0, 0.05) is 29.7 Å². The number of hydrogen-bond acceptors (Lipinski definition) is 5. The van der Waals surface area contributed by atoms with Gasteiger partial charge in [0.2, 0.25) is 5.89 Å². The zero-order valence-corrected chi connectivity index (χ0v) is 15.7. The lowest BCUT2D eigenvalue weighted by atomic mass is 10.2. The minimum atomic E-state index is -3.88. The maximum absolute atomic E-state index is 10.7. The van der Waals surface area contributed by atoms with Crippen molar-refractivity contribution in [2.24, 2.45) is 0 Å². The first-order valence-electron chi connectivity index (χ1n) is 8.49. The summed E-state index contributed by atoms with van der Waals surface area (Å²) in [6, 6.07) is 11.3. The molecular formula is C19H21N2O5S+. The topological polar surface area (TPSA) is 93.5 Å². The van der Waals surface area contributed by atoms with Gasteiger partial charge in [0.05, 0.1) is 19.1 Å². The predicted octanol–water partition coefficient (Wildman–Crippen LogP) is 2.97. The molecule has 1 N–H and O–H groups in total. The summed E-state index contributed by atoms with van der Waals surface area (Å²) in [5.74, 6) is 1.77. The molecule has 0 unspecified atom stereocenters. The van der Waals surface area contributed by atoms with Crippen LogP contribution in [0, 0.1) is 0 Å². The Labute approximate surface area is 158 Å². The number of ether oxygens (including phenoxy) is 1. The summed E-state index contributed by atoms with van der Waals surface area (Å²) in [6.45, 7) is 0.665. The van der Waals surface area contributed by atoms with Crippen molar-refractivity contribution < 1.29 is 26.7 Å². The van der Waals surface area contributed by atoms with E-state index in [4.69, 9.17) is 13.7 Å². The Hall–Kier alpha value is -2.71. The molecule has 0 atom stereocenters. The van der Waals surface area contributed by atoms with Crippen LogP contribution in [-0.4, -0.2) is 30.8 Å². The molecular weight excluding hydrogens is 368 g/mol. The van der Waals surface area contributed by atoms with Crippen molar-refractivity contribution in [1.82, 2.24) is 4.98 Å². The van der Waals surface area contributed by atoms with Gasteiger partial charge in [-0.3, -0.25) is 4.55 Å². The molecule has 0 aliphatic carbocycles. The van der Waals surface area contributed by atoms with Gasteiger partial charge in [0.1, 0.15) is 12.3 Å². The summed E-state index contributed by atoms with van der Waals surface area (Å²) in [4.78, 5) is 4.34. The molecule has 2 aromatic heterocycles. The zero-order chi connectivity index (χ0) is 19.3. The Bertz CT molecular complexity index is 980. The summed E-state index contributed by atoms with van der Waals surface area (Å²) in [5, 5.41) is 0. The van der Waals surface area contributed by atoms with E-state index >= 15 is 0 Å². The minimum absolute atomic E-state index is 0.212. The van der Waals surface area contributed by atoms with Crippen molar-refractivity contribution in [3.8, 4) is 28.5 Å². The van der Waals surface area contributed by atoms with E-state index in [0.717, 1.165) is 16.9 Å². The van der Waals surface area contributed by atoms with Crippen LogP contribution in [0.3, 0.4) is 0 Å². The fourth-order valence-corrected chi connectivity index (χ4v) is 3.19. The van der Waals surface area contributed by atoms with Crippen molar-refractivity contribution in [2.75, 3.05) is 12.9 Å². The molecule has 1 aromatic carbocycles. The highest BCUT2D eigenvalue weighted by atomic mass is 32.2. The lowest BCUT2D eigenvalue weighted by Crippen LogP contribution is -2.32. The highest BCUT2D eigenvalue weighted by Gasteiger charge is 2.11. The molecule has 0 amide bonds. The molecule has 0 saturated heterocycles. The monoisotopic (exact) mass is 389 g/mol. The number of oxazole rings is 1. The van der Waals surface area contributed by atoms with Gasteiger partial charge < -0.3 is 9.15 Å². The highest BCUT2D eigenvalue weighted by Crippen LogP contribution is 2.26. The SMILES string of the molecule is COc1ccc(-c2cnc(-c3cc[n+](CCCCS(=O)(=O)O)cc3)o2)cc1. The largest absolute Gasteiger partial charge is 0.497 e. The Morgan fingerprint density at radius 2 is 1.78 bits per heavy atom. The van der Waals surface area contributed by atoms with Crippen LogP contribution in [0.15, 0.2) is 59.4 Å². The molecule has 0 aliphatic heterocycles. The quantitative estimate of drug-likeness (QED) is 0.362. The summed E-state index contributed by atoms with van der Waals surface area (Å²) in [7, 11) is -2.26. The van der Waals surface area contributed by atoms with Crippen molar-refractivity contribution in [1.29, 1.82) is 0 Å². The summed E-state index contributed by atoms with van der Waals surface area (Å²) in [6.07, 6.45) is 6.54. The van der Waals surface area contributed by atoms with Gasteiger partial charge in [-0.1, -0.05) is 0 Å². The summed E-state index contributed by atoms with van der Waals surface area (Å²) in [5.41, 5.74) is 1.77. The number of rotatable bonds is 8. The summed E-state index contributed by atoms with van der Waals surface area (Å²) < 4.78 is 43.1. The van der Waals surface area contributed by atoms with Crippen molar-refractivity contribution in [3.63, 3.8) is 0 Å². The van der Waals surface area contributed by atoms with Crippen LogP contribution in [0.1, 0.15) is 12.8 Å². The molecule has 27 heavy (non-hydrogen) atoms. The van der Waals surface area contributed by atoms with Crippen molar-refractivity contribution in [3.05, 3.63) is 55.0 Å². The van der Waals surface area contributed by atoms with Crippen LogP contribution in [0.2, 0.25) is 0 Å². The van der Waals surface area contributed by atoms with Gasteiger partial charge in [-0.15, -0.1) is 0 Å². The first-order valence-corrected chi connectivity index (χ1v) is 10.1. The second-order valence-corrected chi connectivity index (χ2v) is 7.65. The Balaban J connectivity index is 1.62. The number of hydrogen-bond donors (Lipinski definition) is 1. The van der Waals surface area contributed by atoms with E-state index in [1.54, 1.807) is 13.3 Å². The first kappa shape index (κ1) is 19.1. The molecule has 3 rings (SSSR count). The average Bonchev–Trinajstić information content (AvgIpc) is 3.15. The van der Waals surface area contributed by atoms with Gasteiger partial charge in [-0.2, -0.15) is 8.42 Å². The molecule has 7 nitrogen and oxygen atoms in total. The highest BCUT2D eigenvalue weighted by molar-refractivity contribution is 7.85. The number of benzene rings is 1. The number of pyridine rings is 1. The Kier molecular flexibility index (Phi) is 5.88. The second kappa shape index (κ2) is 8.32. The standard InChI is InChI=1S/C19H20N2O5S/c1-25-17-6-4-15(5-7-17)18-14-20-19(26-18)16-8-11-21(12-9-16)10-2-3-13-27(22,23)24/h4-9,11-12,14H,2-3,10,13H2,1H3/p+1. The third-order valence-corrected chi connectivity index (χ3v) is 4.89. The second-order valence-electron chi connectivity index (χ2n) is 6.08. The van der Waals surface area contributed by atoms with Crippen LogP contribution < -0.4 is 9.30 Å². The number of nitrogens with zero attached hydrogens (tertiary/aromatic N) is 2. The fraction of sp³-hybridized carbons (Fsp3) is 0.263. The van der Waals surface area contributed by atoms with E-state index in [1.807, 2.05) is 53.4 Å². The van der Waals surface area contributed by atoms with E-state index in [-0.39, 0.29) is 5.75 Å². The van der Waals surface area contributed by atoms with Crippen LogP contribution in [0.5, 0.6) is 5.75 Å². The fourth-order valence-electron chi connectivity index (χ4n) is 2.62. The van der Waals surface area contributed by atoms with Gasteiger partial charge >= 0.3 is 0 Å². The smallest absolute Gasteiger partial charge is 0.264 e. The number of methoxy groups -OCH3 is 1. The van der Waals surface area contributed by atoms with E-state index in [1.165, 1.54) is 0 Å². The number of unbranched alkanes of at least 4 members (excludes halogenated alkanes) is 1. The first-order chi connectivity index (χ1) is 12.9. The Morgan fingerprint density at radius 3 is 2.41 bits per heavy atom. The predicted molar refractivity (Wildman–Crippen MR) is 99.8 cm³/mol. The van der Waals surface area contributed by atoms with Crippen LogP contribution in [0.25, 0.3) is 22.8 Å². The van der Waals surface area contributed by atoms with Gasteiger partial charge in [-0.25, -0.2) is 9.55 Å². The third kappa shape index (κ3) is 5.38. The maximum atomic E-state index is 10.7. The van der Waals surface area contributed by atoms with Crippen molar-refractivity contribution >= 4 is 10.1 Å².